The van der Waals surface area contributed by atoms with Gasteiger partial charge in [0, 0.05) is 13.1 Å². The minimum atomic E-state index is 0.871. The van der Waals surface area contributed by atoms with Gasteiger partial charge in [-0.15, -0.1) is 0 Å². The molecule has 0 aromatic rings. The molecule has 0 spiro atoms. The molecule has 0 radical (unpaired) electrons. The Morgan fingerprint density at radius 2 is 2.22 bits per heavy atom. The molecule has 1 unspecified atom stereocenters. The SMILES string of the molecule is CC(C)[C@H]1CCN(P)C1. The average molecular weight is 145 g/mol. The topological polar surface area (TPSA) is 3.24 Å². The lowest BCUT2D eigenvalue weighted by molar-refractivity contribution is 0.400. The molecule has 9 heavy (non-hydrogen) atoms. The molecule has 54 valence electrons. The van der Waals surface area contributed by atoms with Crippen LogP contribution in [0.3, 0.4) is 0 Å². The van der Waals surface area contributed by atoms with Crippen molar-refractivity contribution in [1.29, 1.82) is 0 Å². The van der Waals surface area contributed by atoms with E-state index in [0.29, 0.717) is 0 Å². The molecule has 0 bridgehead atoms. The summed E-state index contributed by atoms with van der Waals surface area (Å²) in [6, 6.07) is 0. The van der Waals surface area contributed by atoms with Gasteiger partial charge in [0.25, 0.3) is 0 Å². The van der Waals surface area contributed by atoms with Crippen molar-refractivity contribution in [3.05, 3.63) is 0 Å². The van der Waals surface area contributed by atoms with Gasteiger partial charge in [-0.1, -0.05) is 23.2 Å². The molecule has 0 amide bonds. The van der Waals surface area contributed by atoms with Crippen LogP contribution in [0, 0.1) is 11.8 Å². The van der Waals surface area contributed by atoms with E-state index in [4.69, 9.17) is 0 Å². The second kappa shape index (κ2) is 2.98. The Morgan fingerprint density at radius 3 is 2.44 bits per heavy atom. The van der Waals surface area contributed by atoms with Crippen LogP contribution in [0.4, 0.5) is 0 Å². The molecule has 0 saturated carbocycles. The summed E-state index contributed by atoms with van der Waals surface area (Å²) in [4.78, 5) is 0. The summed E-state index contributed by atoms with van der Waals surface area (Å²) < 4.78 is 2.34. The molecule has 1 heterocycles. The molecule has 0 aromatic carbocycles. The Labute approximate surface area is 60.1 Å². The first-order valence-electron chi connectivity index (χ1n) is 3.70. The number of hydrogen-bond acceptors (Lipinski definition) is 1. The molecular formula is C7H16NP. The molecule has 1 aliphatic rings. The van der Waals surface area contributed by atoms with Gasteiger partial charge in [-0.25, -0.2) is 0 Å². The van der Waals surface area contributed by atoms with E-state index in [1.54, 1.807) is 0 Å². The molecule has 0 N–H and O–H groups in total. The predicted octanol–water partition coefficient (Wildman–Crippen LogP) is 1.75. The summed E-state index contributed by atoms with van der Waals surface area (Å²) in [6.45, 7) is 7.18. The van der Waals surface area contributed by atoms with Crippen LogP contribution in [0.15, 0.2) is 0 Å². The summed E-state index contributed by atoms with van der Waals surface area (Å²) >= 11 is 0. The van der Waals surface area contributed by atoms with Crippen molar-refractivity contribution in [2.45, 2.75) is 20.3 Å². The van der Waals surface area contributed by atoms with Gasteiger partial charge in [0.1, 0.15) is 0 Å². The Morgan fingerprint density at radius 1 is 1.56 bits per heavy atom. The maximum Gasteiger partial charge on any atom is 0.00474 e. The Bertz CT molecular complexity index is 92.9. The summed E-state index contributed by atoms with van der Waals surface area (Å²) in [6.07, 6.45) is 1.39. The number of hydrogen-bond donors (Lipinski definition) is 0. The van der Waals surface area contributed by atoms with E-state index >= 15 is 0 Å². The van der Waals surface area contributed by atoms with Crippen LogP contribution >= 0.6 is 9.39 Å². The zero-order valence-electron chi connectivity index (χ0n) is 6.30. The van der Waals surface area contributed by atoms with Crippen molar-refractivity contribution < 1.29 is 0 Å². The fourth-order valence-corrected chi connectivity index (χ4v) is 1.78. The molecule has 1 nitrogen and oxygen atoms in total. The second-order valence-electron chi connectivity index (χ2n) is 3.29. The van der Waals surface area contributed by atoms with E-state index in [2.05, 4.69) is 27.9 Å². The Balaban J connectivity index is 2.30. The Kier molecular flexibility index (Phi) is 2.49. The van der Waals surface area contributed by atoms with Crippen molar-refractivity contribution in [1.82, 2.24) is 4.67 Å². The molecule has 1 fully saturated rings. The standard InChI is InChI=1S/C7H16NP/c1-6(2)7-3-4-8(9)5-7/h6-7H,3-5,9H2,1-2H3/t7-/m0/s1. The highest BCUT2D eigenvalue weighted by Gasteiger charge is 2.21. The van der Waals surface area contributed by atoms with Crippen molar-refractivity contribution >= 4 is 9.39 Å². The molecule has 0 aromatic heterocycles. The third-order valence-corrected chi connectivity index (χ3v) is 2.67. The van der Waals surface area contributed by atoms with Gasteiger partial charge in [-0.3, -0.25) is 4.67 Å². The van der Waals surface area contributed by atoms with Crippen LogP contribution < -0.4 is 0 Å². The van der Waals surface area contributed by atoms with Crippen LogP contribution in [0.1, 0.15) is 20.3 Å². The Hall–Kier alpha value is 0.390. The smallest absolute Gasteiger partial charge is 0.00474 e. The highest BCUT2D eigenvalue weighted by molar-refractivity contribution is 7.13. The van der Waals surface area contributed by atoms with Crippen molar-refractivity contribution in [3.63, 3.8) is 0 Å². The minimum absolute atomic E-state index is 0.871. The van der Waals surface area contributed by atoms with E-state index in [1.807, 2.05) is 0 Å². The molecule has 2 heteroatoms. The quantitative estimate of drug-likeness (QED) is 0.508. The van der Waals surface area contributed by atoms with Crippen molar-refractivity contribution in [2.75, 3.05) is 13.1 Å². The van der Waals surface area contributed by atoms with E-state index in [-0.39, 0.29) is 0 Å². The number of nitrogens with zero attached hydrogens (tertiary/aromatic N) is 1. The van der Waals surface area contributed by atoms with E-state index in [9.17, 15) is 0 Å². The summed E-state index contributed by atoms with van der Waals surface area (Å²) in [5, 5.41) is 0. The summed E-state index contributed by atoms with van der Waals surface area (Å²) in [5.74, 6) is 1.82. The average Bonchev–Trinajstić information content (AvgIpc) is 2.14. The van der Waals surface area contributed by atoms with Crippen LogP contribution in [-0.2, 0) is 0 Å². The van der Waals surface area contributed by atoms with Gasteiger partial charge in [-0.05, 0) is 18.3 Å². The van der Waals surface area contributed by atoms with Crippen molar-refractivity contribution in [2.24, 2.45) is 11.8 Å². The lowest BCUT2D eigenvalue weighted by Gasteiger charge is -2.12. The molecule has 1 aliphatic heterocycles. The second-order valence-corrected chi connectivity index (χ2v) is 4.02. The first-order valence-corrected chi connectivity index (χ1v) is 4.21. The predicted molar refractivity (Wildman–Crippen MR) is 44.2 cm³/mol. The first-order chi connectivity index (χ1) is 4.20. The summed E-state index contributed by atoms with van der Waals surface area (Å²) in [7, 11) is 2.77. The maximum absolute atomic E-state index is 2.77. The van der Waals surface area contributed by atoms with Crippen LogP contribution in [-0.4, -0.2) is 17.8 Å². The van der Waals surface area contributed by atoms with E-state index in [0.717, 1.165) is 11.8 Å². The zero-order chi connectivity index (χ0) is 6.85. The van der Waals surface area contributed by atoms with Gasteiger partial charge < -0.3 is 0 Å². The number of rotatable bonds is 1. The first kappa shape index (κ1) is 7.50. The zero-order valence-corrected chi connectivity index (χ0v) is 7.46. The lowest BCUT2D eigenvalue weighted by Crippen LogP contribution is -2.11. The van der Waals surface area contributed by atoms with Crippen molar-refractivity contribution in [3.8, 4) is 0 Å². The maximum atomic E-state index is 2.77. The van der Waals surface area contributed by atoms with Crippen LogP contribution in [0.2, 0.25) is 0 Å². The molecule has 1 saturated heterocycles. The fourth-order valence-electron chi connectivity index (χ4n) is 1.36. The third-order valence-electron chi connectivity index (χ3n) is 2.20. The molecule has 2 atom stereocenters. The molecule has 0 aliphatic carbocycles. The molecular weight excluding hydrogens is 129 g/mol. The van der Waals surface area contributed by atoms with Crippen LogP contribution in [0.25, 0.3) is 0 Å². The highest BCUT2D eigenvalue weighted by Crippen LogP contribution is 2.25. The fraction of sp³-hybridized carbons (Fsp3) is 1.00. The van der Waals surface area contributed by atoms with Gasteiger partial charge in [0.05, 0.1) is 0 Å². The minimum Gasteiger partial charge on any atom is -0.287 e. The summed E-state index contributed by atoms with van der Waals surface area (Å²) in [5.41, 5.74) is 0. The van der Waals surface area contributed by atoms with Gasteiger partial charge >= 0.3 is 0 Å². The van der Waals surface area contributed by atoms with E-state index in [1.165, 1.54) is 19.5 Å². The lowest BCUT2D eigenvalue weighted by atomic mass is 9.96. The van der Waals surface area contributed by atoms with Gasteiger partial charge in [0.2, 0.25) is 0 Å². The van der Waals surface area contributed by atoms with E-state index < -0.39 is 0 Å². The van der Waals surface area contributed by atoms with Crippen LogP contribution in [0.5, 0.6) is 0 Å². The van der Waals surface area contributed by atoms with Gasteiger partial charge in [-0.2, -0.15) is 0 Å². The monoisotopic (exact) mass is 145 g/mol. The van der Waals surface area contributed by atoms with Gasteiger partial charge in [0.15, 0.2) is 0 Å². The normalized spacial score (nSPS) is 30.0. The largest absolute Gasteiger partial charge is 0.287 e. The highest BCUT2D eigenvalue weighted by atomic mass is 31.0. The molecule has 1 rings (SSSR count). The third kappa shape index (κ3) is 1.91.